The first kappa shape index (κ1) is 27.5. The van der Waals surface area contributed by atoms with Gasteiger partial charge in [-0.15, -0.1) is 0 Å². The Labute approximate surface area is 216 Å². The highest BCUT2D eigenvalue weighted by molar-refractivity contribution is 7.89. The predicted octanol–water partition coefficient (Wildman–Crippen LogP) is 1.44. The van der Waals surface area contributed by atoms with E-state index in [-0.39, 0.29) is 47.9 Å². The summed E-state index contributed by atoms with van der Waals surface area (Å²) in [6.07, 6.45) is 0.762. The molecular weight excluding hydrogens is 525 g/mol. The lowest BCUT2D eigenvalue weighted by atomic mass is 9.97. The quantitative estimate of drug-likeness (QED) is 0.465. The number of piperidine rings is 1. The van der Waals surface area contributed by atoms with E-state index in [4.69, 9.17) is 9.47 Å². The van der Waals surface area contributed by atoms with Crippen LogP contribution in [0.15, 0.2) is 58.3 Å². The minimum atomic E-state index is -3.73. The number of nitrogens with one attached hydrogen (secondary N) is 1. The highest BCUT2D eigenvalue weighted by Crippen LogP contribution is 2.24. The molecule has 0 aliphatic carbocycles. The summed E-state index contributed by atoms with van der Waals surface area (Å²) in [5, 5.41) is 2.80. The molecule has 0 saturated carbocycles. The Bertz CT molecular complexity index is 1270. The first-order valence-electron chi connectivity index (χ1n) is 12.0. The van der Waals surface area contributed by atoms with Gasteiger partial charge >= 0.3 is 0 Å². The van der Waals surface area contributed by atoms with Crippen LogP contribution in [0.25, 0.3) is 0 Å². The second-order valence-corrected chi connectivity index (χ2v) is 12.6. The average molecular weight is 556 g/mol. The molecule has 10 nitrogen and oxygen atoms in total. The molecule has 2 aliphatic heterocycles. The molecule has 2 aromatic carbocycles. The molecule has 0 bridgehead atoms. The molecule has 202 valence electrons. The van der Waals surface area contributed by atoms with Crippen molar-refractivity contribution < 1.29 is 35.5 Å². The molecule has 13 heteroatoms. The number of benzene rings is 2. The fourth-order valence-electron chi connectivity index (χ4n) is 4.25. The third-order valence-corrected chi connectivity index (χ3v) is 10.2. The standard InChI is InChI=1S/C24H30FN3O7S2/c25-20-1-5-22(6-2-20)36(30,31)27-12-9-19(10-13-27)24(29)26-11-16-35-21-3-7-23(8-4-21)37(32,33)28-14-17-34-18-15-28/h1-8,19H,9-18H2,(H,26,29). The Hall–Kier alpha value is -2.58. The van der Waals surface area contributed by atoms with E-state index in [9.17, 15) is 26.0 Å². The van der Waals surface area contributed by atoms with Gasteiger partial charge < -0.3 is 14.8 Å². The van der Waals surface area contributed by atoms with E-state index in [1.807, 2.05) is 0 Å². The SMILES string of the molecule is O=C(NCCOc1ccc(S(=O)(=O)N2CCOCC2)cc1)C1CCN(S(=O)(=O)c2ccc(F)cc2)CC1. The van der Waals surface area contributed by atoms with Crippen LogP contribution in [-0.4, -0.2) is 83.9 Å². The number of amides is 1. The summed E-state index contributed by atoms with van der Waals surface area (Å²) in [5.74, 6) is -0.514. The molecule has 4 rings (SSSR count). The Balaban J connectivity index is 1.19. The zero-order valence-corrected chi connectivity index (χ0v) is 21.8. The molecule has 2 fully saturated rings. The molecule has 0 spiro atoms. The highest BCUT2D eigenvalue weighted by atomic mass is 32.2. The fraction of sp³-hybridized carbons (Fsp3) is 0.458. The van der Waals surface area contributed by atoms with E-state index in [1.54, 1.807) is 12.1 Å². The Morgan fingerprint density at radius 2 is 1.38 bits per heavy atom. The summed E-state index contributed by atoms with van der Waals surface area (Å²) in [6.45, 7) is 2.25. The zero-order chi connectivity index (χ0) is 26.5. The molecule has 1 amide bonds. The lowest BCUT2D eigenvalue weighted by molar-refractivity contribution is -0.126. The second-order valence-electron chi connectivity index (χ2n) is 8.76. The third kappa shape index (κ3) is 6.65. The van der Waals surface area contributed by atoms with Gasteiger partial charge in [0.05, 0.1) is 29.5 Å². The third-order valence-electron chi connectivity index (χ3n) is 6.38. The molecule has 2 aliphatic rings. The van der Waals surface area contributed by atoms with E-state index in [0.717, 1.165) is 12.1 Å². The minimum absolute atomic E-state index is 0.0284. The van der Waals surface area contributed by atoms with Crippen LogP contribution in [0, 0.1) is 11.7 Å². The highest BCUT2D eigenvalue weighted by Gasteiger charge is 2.32. The molecule has 2 aromatic rings. The van der Waals surface area contributed by atoms with Crippen LogP contribution in [0.4, 0.5) is 4.39 Å². The van der Waals surface area contributed by atoms with Gasteiger partial charge in [0.1, 0.15) is 18.2 Å². The normalized spacial score (nSPS) is 18.4. The minimum Gasteiger partial charge on any atom is -0.492 e. The summed E-state index contributed by atoms with van der Waals surface area (Å²) in [6, 6.07) is 10.8. The van der Waals surface area contributed by atoms with Gasteiger partial charge in [-0.25, -0.2) is 21.2 Å². The van der Waals surface area contributed by atoms with Gasteiger partial charge in [0.15, 0.2) is 0 Å². The van der Waals surface area contributed by atoms with E-state index < -0.39 is 25.9 Å². The van der Waals surface area contributed by atoms with Crippen LogP contribution in [0.2, 0.25) is 0 Å². The number of halogens is 1. The van der Waals surface area contributed by atoms with Gasteiger partial charge in [0.25, 0.3) is 0 Å². The number of hydrogen-bond donors (Lipinski definition) is 1. The molecule has 1 N–H and O–H groups in total. The van der Waals surface area contributed by atoms with Crippen LogP contribution in [0.1, 0.15) is 12.8 Å². The molecule has 0 unspecified atom stereocenters. The lowest BCUT2D eigenvalue weighted by Crippen LogP contribution is -2.43. The maximum Gasteiger partial charge on any atom is 0.243 e. The maximum absolute atomic E-state index is 13.1. The molecule has 2 saturated heterocycles. The molecule has 0 aromatic heterocycles. The van der Waals surface area contributed by atoms with Gasteiger partial charge in [0.2, 0.25) is 26.0 Å². The van der Waals surface area contributed by atoms with E-state index >= 15 is 0 Å². The van der Waals surface area contributed by atoms with Crippen molar-refractivity contribution in [2.45, 2.75) is 22.6 Å². The summed E-state index contributed by atoms with van der Waals surface area (Å²) < 4.78 is 77.4. The smallest absolute Gasteiger partial charge is 0.243 e. The van der Waals surface area contributed by atoms with Gasteiger partial charge in [-0.3, -0.25) is 4.79 Å². The Kier molecular flexibility index (Phi) is 8.80. The Morgan fingerprint density at radius 3 is 1.95 bits per heavy atom. The van der Waals surface area contributed by atoms with Gasteiger partial charge in [-0.1, -0.05) is 0 Å². The average Bonchev–Trinajstić information content (AvgIpc) is 2.92. The maximum atomic E-state index is 13.1. The number of hydrogen-bond acceptors (Lipinski definition) is 7. The molecular formula is C24H30FN3O7S2. The number of carbonyl (C=O) groups excluding carboxylic acids is 1. The van der Waals surface area contributed by atoms with Gasteiger partial charge in [-0.2, -0.15) is 8.61 Å². The summed E-state index contributed by atoms with van der Waals surface area (Å²) in [7, 11) is -7.30. The van der Waals surface area contributed by atoms with Crippen molar-refractivity contribution in [1.29, 1.82) is 0 Å². The van der Waals surface area contributed by atoms with Crippen LogP contribution in [0.5, 0.6) is 5.75 Å². The molecule has 37 heavy (non-hydrogen) atoms. The van der Waals surface area contributed by atoms with Gasteiger partial charge in [0, 0.05) is 32.1 Å². The number of rotatable bonds is 9. The number of carbonyl (C=O) groups is 1. The largest absolute Gasteiger partial charge is 0.492 e. The number of sulfonamides is 2. The predicted molar refractivity (Wildman–Crippen MR) is 132 cm³/mol. The summed E-state index contributed by atoms with van der Waals surface area (Å²) in [4.78, 5) is 12.7. The topological polar surface area (TPSA) is 122 Å². The van der Waals surface area contributed by atoms with Crippen molar-refractivity contribution in [1.82, 2.24) is 13.9 Å². The van der Waals surface area contributed by atoms with Crippen molar-refractivity contribution in [2.75, 3.05) is 52.5 Å². The first-order chi connectivity index (χ1) is 17.7. The number of morpholine rings is 1. The van der Waals surface area contributed by atoms with Crippen LogP contribution >= 0.6 is 0 Å². The molecule has 0 radical (unpaired) electrons. The summed E-state index contributed by atoms with van der Waals surface area (Å²) in [5.41, 5.74) is 0. The van der Waals surface area contributed by atoms with Crippen LogP contribution in [-0.2, 0) is 29.6 Å². The number of ether oxygens (including phenoxy) is 2. The monoisotopic (exact) mass is 555 g/mol. The van der Waals surface area contributed by atoms with Crippen LogP contribution < -0.4 is 10.1 Å². The van der Waals surface area contributed by atoms with Crippen molar-refractivity contribution >= 4 is 26.0 Å². The Morgan fingerprint density at radius 1 is 0.865 bits per heavy atom. The van der Waals surface area contributed by atoms with Gasteiger partial charge in [-0.05, 0) is 61.4 Å². The number of nitrogens with zero attached hydrogens (tertiary/aromatic N) is 2. The molecule has 0 atom stereocenters. The van der Waals surface area contributed by atoms with E-state index in [1.165, 1.54) is 32.9 Å². The van der Waals surface area contributed by atoms with Crippen molar-refractivity contribution in [3.8, 4) is 5.75 Å². The van der Waals surface area contributed by atoms with Crippen molar-refractivity contribution in [2.24, 2.45) is 5.92 Å². The second kappa shape index (κ2) is 11.9. The van der Waals surface area contributed by atoms with E-state index in [0.29, 0.717) is 44.9 Å². The van der Waals surface area contributed by atoms with Crippen LogP contribution in [0.3, 0.4) is 0 Å². The fourth-order valence-corrected chi connectivity index (χ4v) is 7.12. The lowest BCUT2D eigenvalue weighted by Gasteiger charge is -2.30. The summed E-state index contributed by atoms with van der Waals surface area (Å²) >= 11 is 0. The first-order valence-corrected chi connectivity index (χ1v) is 14.9. The molecule has 2 heterocycles. The van der Waals surface area contributed by atoms with E-state index in [2.05, 4.69) is 5.32 Å². The van der Waals surface area contributed by atoms with Crippen molar-refractivity contribution in [3.05, 3.63) is 54.3 Å². The van der Waals surface area contributed by atoms with Crippen molar-refractivity contribution in [3.63, 3.8) is 0 Å². The zero-order valence-electron chi connectivity index (χ0n) is 20.2.